The number of hydrogen-bond acceptors (Lipinski definition) is 3. The number of pyridine rings is 1. The molecule has 0 spiro atoms. The smallest absolute Gasteiger partial charge is 0.133 e. The Hall–Kier alpha value is -3.66. The molecule has 5 aromatic rings. The summed E-state index contributed by atoms with van der Waals surface area (Å²) in [7, 11) is 0. The number of fused-ring (bicyclic) bond motifs is 4. The van der Waals surface area contributed by atoms with Crippen molar-refractivity contribution in [1.29, 1.82) is 0 Å². The Morgan fingerprint density at radius 2 is 1.45 bits per heavy atom. The lowest BCUT2D eigenvalue weighted by Gasteiger charge is -2.12. The van der Waals surface area contributed by atoms with Gasteiger partial charge in [-0.05, 0) is 31.2 Å². The first kappa shape index (κ1) is 17.4. The van der Waals surface area contributed by atoms with Crippen molar-refractivity contribution in [2.75, 3.05) is 5.43 Å². The Morgan fingerprint density at radius 3 is 2.10 bits per heavy atom. The second-order valence-corrected chi connectivity index (χ2v) is 7.19. The zero-order chi connectivity index (χ0) is 19.8. The number of benzene rings is 3. The van der Waals surface area contributed by atoms with Gasteiger partial charge in [0.25, 0.3) is 0 Å². The van der Waals surface area contributed by atoms with Crippen molar-refractivity contribution in [1.82, 2.24) is 9.55 Å². The third kappa shape index (κ3) is 2.93. The summed E-state index contributed by atoms with van der Waals surface area (Å²) < 4.78 is 2.26. The predicted octanol–water partition coefficient (Wildman–Crippen LogP) is 6.33. The first-order valence-electron chi connectivity index (χ1n) is 9.94. The van der Waals surface area contributed by atoms with E-state index in [2.05, 4.69) is 76.5 Å². The molecule has 142 valence electrons. The second-order valence-electron chi connectivity index (χ2n) is 7.19. The molecule has 3 aromatic carbocycles. The largest absolute Gasteiger partial charge is 0.296 e. The van der Waals surface area contributed by atoms with Gasteiger partial charge in [-0.15, -0.1) is 0 Å². The minimum Gasteiger partial charge on any atom is -0.296 e. The molecule has 4 heteroatoms. The summed E-state index contributed by atoms with van der Waals surface area (Å²) in [4.78, 5) is 4.62. The van der Waals surface area contributed by atoms with Crippen LogP contribution < -0.4 is 5.43 Å². The van der Waals surface area contributed by atoms with Crippen LogP contribution in [-0.2, 0) is 0 Å². The van der Waals surface area contributed by atoms with Crippen LogP contribution in [-0.4, -0.2) is 15.4 Å². The van der Waals surface area contributed by atoms with Crippen LogP contribution in [0.5, 0.6) is 0 Å². The summed E-state index contributed by atoms with van der Waals surface area (Å²) in [6.07, 6.45) is 0.803. The lowest BCUT2D eigenvalue weighted by atomic mass is 10.1. The maximum absolute atomic E-state index is 4.85. The topological polar surface area (TPSA) is 42.2 Å². The third-order valence-corrected chi connectivity index (χ3v) is 5.30. The average Bonchev–Trinajstić information content (AvgIpc) is 3.09. The molecule has 0 saturated carbocycles. The minimum absolute atomic E-state index is 0.803. The van der Waals surface area contributed by atoms with Crippen molar-refractivity contribution in [3.63, 3.8) is 0 Å². The first-order chi connectivity index (χ1) is 14.3. The summed E-state index contributed by atoms with van der Waals surface area (Å²) in [6, 6.07) is 27.2. The molecule has 0 amide bonds. The summed E-state index contributed by atoms with van der Waals surface area (Å²) in [5.74, 6) is 0.973. The van der Waals surface area contributed by atoms with Gasteiger partial charge < -0.3 is 0 Å². The van der Waals surface area contributed by atoms with E-state index < -0.39 is 0 Å². The second kappa shape index (κ2) is 7.06. The van der Waals surface area contributed by atoms with Gasteiger partial charge in [-0.25, -0.2) is 0 Å². The fourth-order valence-electron chi connectivity index (χ4n) is 4.01. The van der Waals surface area contributed by atoms with Gasteiger partial charge in [0.2, 0.25) is 0 Å². The molecule has 4 nitrogen and oxygen atoms in total. The highest BCUT2D eigenvalue weighted by atomic mass is 15.3. The maximum atomic E-state index is 4.85. The highest BCUT2D eigenvalue weighted by molar-refractivity contribution is 6.14. The normalized spacial score (nSPS) is 12.1. The molecule has 2 heterocycles. The number of rotatable bonds is 3. The maximum Gasteiger partial charge on any atom is 0.133 e. The summed E-state index contributed by atoms with van der Waals surface area (Å²) in [5, 5.41) is 8.41. The zero-order valence-corrected chi connectivity index (χ0v) is 16.6. The Kier molecular flexibility index (Phi) is 4.24. The van der Waals surface area contributed by atoms with Gasteiger partial charge >= 0.3 is 0 Å². The van der Waals surface area contributed by atoms with Crippen LogP contribution in [0.4, 0.5) is 5.69 Å². The van der Waals surface area contributed by atoms with Gasteiger partial charge in [0, 0.05) is 28.3 Å². The molecule has 0 aliphatic heterocycles. The van der Waals surface area contributed by atoms with Crippen LogP contribution in [0.3, 0.4) is 0 Å². The number of aryl methyl sites for hydroxylation is 1. The fraction of sp³-hybridized carbons (Fsp3) is 0.120. The summed E-state index contributed by atoms with van der Waals surface area (Å²) >= 11 is 0. The van der Waals surface area contributed by atoms with Gasteiger partial charge in [-0.3, -0.25) is 15.0 Å². The van der Waals surface area contributed by atoms with Crippen molar-refractivity contribution >= 4 is 44.2 Å². The zero-order valence-electron chi connectivity index (χ0n) is 16.6. The number of hydrazone groups is 1. The van der Waals surface area contributed by atoms with Crippen molar-refractivity contribution in [2.45, 2.75) is 20.3 Å². The van der Waals surface area contributed by atoms with E-state index in [1.165, 1.54) is 21.8 Å². The van der Waals surface area contributed by atoms with E-state index in [1.807, 2.05) is 31.2 Å². The number of anilines is 1. The van der Waals surface area contributed by atoms with Crippen LogP contribution in [0, 0.1) is 6.92 Å². The Balaban J connectivity index is 1.67. The molecule has 0 fully saturated rings. The summed E-state index contributed by atoms with van der Waals surface area (Å²) in [6.45, 7) is 4.15. The molecule has 29 heavy (non-hydrogen) atoms. The number of hydrogen-bond donors (Lipinski definition) is 1. The average molecular weight is 378 g/mol. The van der Waals surface area contributed by atoms with E-state index in [9.17, 15) is 0 Å². The van der Waals surface area contributed by atoms with Gasteiger partial charge in [0.05, 0.1) is 22.2 Å². The third-order valence-electron chi connectivity index (χ3n) is 5.30. The summed E-state index contributed by atoms with van der Waals surface area (Å²) in [5.41, 5.74) is 8.58. The van der Waals surface area contributed by atoms with E-state index in [4.69, 9.17) is 5.10 Å². The molecule has 0 bridgehead atoms. The molecule has 0 unspecified atom stereocenters. The number of nitrogens with one attached hydrogen (secondary N) is 1. The SMILES string of the molecule is CC/C(=N\Nc1cc(C)nc2ccccc12)n1c2ccccc2c2ccccc21. The molecule has 2 aromatic heterocycles. The molecule has 5 rings (SSSR count). The first-order valence-corrected chi connectivity index (χ1v) is 9.94. The monoisotopic (exact) mass is 378 g/mol. The molecule has 0 aliphatic rings. The Bertz CT molecular complexity index is 1320. The van der Waals surface area contributed by atoms with Crippen LogP contribution in [0.1, 0.15) is 19.0 Å². The van der Waals surface area contributed by atoms with E-state index >= 15 is 0 Å². The van der Waals surface area contributed by atoms with E-state index in [0.29, 0.717) is 0 Å². The van der Waals surface area contributed by atoms with Crippen molar-refractivity contribution < 1.29 is 0 Å². The number of nitrogens with zero attached hydrogens (tertiary/aromatic N) is 3. The van der Waals surface area contributed by atoms with Crippen LogP contribution in [0.25, 0.3) is 32.7 Å². The van der Waals surface area contributed by atoms with Crippen molar-refractivity contribution in [3.8, 4) is 0 Å². The molecule has 0 atom stereocenters. The lowest BCUT2D eigenvalue weighted by molar-refractivity contribution is 1.10. The van der Waals surface area contributed by atoms with Gasteiger partial charge in [0.1, 0.15) is 5.84 Å². The molecule has 0 aliphatic carbocycles. The highest BCUT2D eigenvalue weighted by Gasteiger charge is 2.13. The Labute approximate surface area is 169 Å². The fourth-order valence-corrected chi connectivity index (χ4v) is 4.01. The van der Waals surface area contributed by atoms with Gasteiger partial charge in [0.15, 0.2) is 0 Å². The molecular formula is C25H22N4. The molecular weight excluding hydrogens is 356 g/mol. The number of aromatic nitrogens is 2. The Morgan fingerprint density at radius 1 is 0.862 bits per heavy atom. The molecule has 0 radical (unpaired) electrons. The minimum atomic E-state index is 0.803. The van der Waals surface area contributed by atoms with E-state index in [-0.39, 0.29) is 0 Å². The quantitative estimate of drug-likeness (QED) is 0.226. The lowest BCUT2D eigenvalue weighted by Crippen LogP contribution is -2.12. The van der Waals surface area contributed by atoms with Crippen molar-refractivity contribution in [2.24, 2.45) is 5.10 Å². The van der Waals surface area contributed by atoms with E-state index in [0.717, 1.165) is 34.5 Å². The van der Waals surface area contributed by atoms with E-state index in [1.54, 1.807) is 0 Å². The van der Waals surface area contributed by atoms with Crippen molar-refractivity contribution in [3.05, 3.63) is 84.6 Å². The standard InChI is InChI=1S/C25H22N4/c1-3-25(28-27-22-16-17(2)26-21-13-7-4-12-20(21)22)29-23-14-8-5-10-18(23)19-11-6-9-15-24(19)29/h4-16H,3H2,1-2H3,(H,26,27)/b28-25+. The predicted molar refractivity (Wildman–Crippen MR) is 123 cm³/mol. The molecule has 1 N–H and O–H groups in total. The van der Waals surface area contributed by atoms with Gasteiger partial charge in [-0.2, -0.15) is 5.10 Å². The van der Waals surface area contributed by atoms with Crippen LogP contribution in [0.15, 0.2) is 84.0 Å². The van der Waals surface area contributed by atoms with Gasteiger partial charge in [-0.1, -0.05) is 61.5 Å². The number of para-hydroxylation sites is 3. The van der Waals surface area contributed by atoms with Crippen LogP contribution >= 0.6 is 0 Å². The molecule has 0 saturated heterocycles. The van der Waals surface area contributed by atoms with Crippen LogP contribution in [0.2, 0.25) is 0 Å². The highest BCUT2D eigenvalue weighted by Crippen LogP contribution is 2.29.